The van der Waals surface area contributed by atoms with Gasteiger partial charge in [0.05, 0.1) is 5.69 Å². The zero-order chi connectivity index (χ0) is 14.7. The summed E-state index contributed by atoms with van der Waals surface area (Å²) in [6.45, 7) is 6.13. The van der Waals surface area contributed by atoms with Crippen LogP contribution in [0.25, 0.3) is 0 Å². The highest BCUT2D eigenvalue weighted by atomic mass is 32.2. The van der Waals surface area contributed by atoms with Crippen molar-refractivity contribution >= 4 is 29.3 Å². The van der Waals surface area contributed by atoms with Gasteiger partial charge in [0, 0.05) is 28.7 Å². The van der Waals surface area contributed by atoms with Gasteiger partial charge in [0.2, 0.25) is 5.91 Å². The van der Waals surface area contributed by atoms with E-state index in [0.717, 1.165) is 16.3 Å². The van der Waals surface area contributed by atoms with E-state index in [2.05, 4.69) is 24.5 Å². The Morgan fingerprint density at radius 2 is 2.10 bits per heavy atom. The normalized spacial score (nSPS) is 16.1. The highest BCUT2D eigenvalue weighted by molar-refractivity contribution is 7.99. The second-order valence-electron chi connectivity index (χ2n) is 5.36. The summed E-state index contributed by atoms with van der Waals surface area (Å²) in [5, 5.41) is 5.82. The molecule has 2 N–H and O–H groups in total. The van der Waals surface area contributed by atoms with Crippen LogP contribution in [0.5, 0.6) is 0 Å². The number of fused-ring (bicyclic) bond motifs is 1. The van der Waals surface area contributed by atoms with Crippen LogP contribution in [0.4, 0.5) is 5.69 Å². The summed E-state index contributed by atoms with van der Waals surface area (Å²) in [5.74, 6) is 1.06. The fourth-order valence-corrected chi connectivity index (χ4v) is 2.76. The summed E-state index contributed by atoms with van der Waals surface area (Å²) in [7, 11) is 0. The number of thioether (sulfide) groups is 1. The molecule has 1 aromatic carbocycles. The molecule has 0 saturated heterocycles. The molecule has 0 spiro atoms. The van der Waals surface area contributed by atoms with Gasteiger partial charge in [-0.3, -0.25) is 9.59 Å². The van der Waals surface area contributed by atoms with Crippen LogP contribution in [0.1, 0.15) is 37.6 Å². The Morgan fingerprint density at radius 1 is 1.35 bits per heavy atom. The van der Waals surface area contributed by atoms with Gasteiger partial charge < -0.3 is 10.6 Å². The summed E-state index contributed by atoms with van der Waals surface area (Å²) >= 11 is 1.64. The average molecular weight is 292 g/mol. The lowest BCUT2D eigenvalue weighted by Gasteiger charge is -2.18. The minimum atomic E-state index is -0.0995. The highest BCUT2D eigenvalue weighted by Gasteiger charge is 2.17. The first-order chi connectivity index (χ1) is 9.47. The van der Waals surface area contributed by atoms with Crippen LogP contribution in [0, 0.1) is 5.92 Å². The van der Waals surface area contributed by atoms with E-state index in [9.17, 15) is 9.59 Å². The van der Waals surface area contributed by atoms with Crippen molar-refractivity contribution in [2.24, 2.45) is 5.92 Å². The van der Waals surface area contributed by atoms with E-state index in [0.29, 0.717) is 17.9 Å². The Kier molecular flexibility index (Phi) is 4.70. The van der Waals surface area contributed by atoms with Crippen molar-refractivity contribution in [1.82, 2.24) is 5.32 Å². The second-order valence-corrected chi connectivity index (χ2v) is 6.50. The minimum Gasteiger partial charge on any atom is -0.349 e. The van der Waals surface area contributed by atoms with E-state index in [4.69, 9.17) is 0 Å². The molecule has 20 heavy (non-hydrogen) atoms. The molecule has 0 bridgehead atoms. The molecular formula is C15H20N2O2S. The van der Waals surface area contributed by atoms with Gasteiger partial charge in [-0.15, -0.1) is 11.8 Å². The fourth-order valence-electron chi connectivity index (χ4n) is 1.82. The third-order valence-electron chi connectivity index (χ3n) is 3.46. The van der Waals surface area contributed by atoms with E-state index in [1.54, 1.807) is 17.8 Å². The summed E-state index contributed by atoms with van der Waals surface area (Å²) < 4.78 is 0. The predicted octanol–water partition coefficient (Wildman–Crippen LogP) is 2.90. The molecule has 1 aromatic rings. The molecule has 108 valence electrons. The number of nitrogens with one attached hydrogen (secondary N) is 2. The Hall–Kier alpha value is -1.49. The number of benzene rings is 1. The van der Waals surface area contributed by atoms with E-state index in [1.165, 1.54) is 0 Å². The third-order valence-corrected chi connectivity index (χ3v) is 4.54. The van der Waals surface area contributed by atoms with Gasteiger partial charge in [-0.25, -0.2) is 0 Å². The summed E-state index contributed by atoms with van der Waals surface area (Å²) in [6.07, 6.45) is 0.505. The van der Waals surface area contributed by atoms with Crippen molar-refractivity contribution in [3.8, 4) is 0 Å². The van der Waals surface area contributed by atoms with Crippen molar-refractivity contribution in [3.05, 3.63) is 23.8 Å². The van der Waals surface area contributed by atoms with Crippen LogP contribution in [-0.2, 0) is 4.79 Å². The first kappa shape index (κ1) is 14.9. The third kappa shape index (κ3) is 3.54. The van der Waals surface area contributed by atoms with Crippen LogP contribution >= 0.6 is 11.8 Å². The molecule has 2 amide bonds. The van der Waals surface area contributed by atoms with Crippen LogP contribution in [0.2, 0.25) is 0 Å². The number of anilines is 1. The van der Waals surface area contributed by atoms with Crippen molar-refractivity contribution in [3.63, 3.8) is 0 Å². The van der Waals surface area contributed by atoms with Crippen LogP contribution in [-0.4, -0.2) is 23.6 Å². The molecule has 4 nitrogen and oxygen atoms in total. The molecule has 0 saturated carbocycles. The Bertz CT molecular complexity index is 529. The molecule has 1 heterocycles. The number of carbonyl (C=O) groups is 2. The van der Waals surface area contributed by atoms with Crippen molar-refractivity contribution in [1.29, 1.82) is 0 Å². The van der Waals surface area contributed by atoms with Crippen molar-refractivity contribution in [2.75, 3.05) is 11.1 Å². The second kappa shape index (κ2) is 6.31. The average Bonchev–Trinajstić information content (AvgIpc) is 2.57. The maximum atomic E-state index is 12.2. The molecule has 0 fully saturated rings. The van der Waals surface area contributed by atoms with Crippen molar-refractivity contribution in [2.45, 2.75) is 38.1 Å². The Morgan fingerprint density at radius 3 is 2.80 bits per heavy atom. The number of hydrogen-bond donors (Lipinski definition) is 2. The van der Waals surface area contributed by atoms with Gasteiger partial charge in [0.25, 0.3) is 5.91 Å². The van der Waals surface area contributed by atoms with E-state index in [1.807, 2.05) is 19.1 Å². The molecule has 1 atom stereocenters. The molecule has 1 unspecified atom stereocenters. The first-order valence-electron chi connectivity index (χ1n) is 6.85. The molecular weight excluding hydrogens is 272 g/mol. The van der Waals surface area contributed by atoms with E-state index < -0.39 is 0 Å². The number of amides is 2. The van der Waals surface area contributed by atoms with Crippen LogP contribution < -0.4 is 10.6 Å². The quantitative estimate of drug-likeness (QED) is 0.900. The van der Waals surface area contributed by atoms with Crippen molar-refractivity contribution < 1.29 is 9.59 Å². The molecule has 1 aliphatic rings. The summed E-state index contributed by atoms with van der Waals surface area (Å²) in [4.78, 5) is 24.8. The molecule has 2 rings (SSSR count). The lowest BCUT2D eigenvalue weighted by atomic mass is 10.1. The van der Waals surface area contributed by atoms with E-state index >= 15 is 0 Å². The van der Waals surface area contributed by atoms with Gasteiger partial charge in [-0.1, -0.05) is 13.8 Å². The van der Waals surface area contributed by atoms with E-state index in [-0.39, 0.29) is 17.9 Å². The molecule has 0 aromatic heterocycles. The van der Waals surface area contributed by atoms with Gasteiger partial charge in [0.15, 0.2) is 0 Å². The molecule has 0 radical (unpaired) electrons. The van der Waals surface area contributed by atoms with Crippen LogP contribution in [0.3, 0.4) is 0 Å². The van der Waals surface area contributed by atoms with Gasteiger partial charge in [-0.05, 0) is 31.0 Å². The molecule has 5 heteroatoms. The van der Waals surface area contributed by atoms with Gasteiger partial charge in [0.1, 0.15) is 0 Å². The summed E-state index contributed by atoms with van der Waals surface area (Å²) in [5.41, 5.74) is 1.32. The maximum absolute atomic E-state index is 12.2. The Balaban J connectivity index is 2.18. The predicted molar refractivity (Wildman–Crippen MR) is 82.2 cm³/mol. The number of hydrogen-bond acceptors (Lipinski definition) is 3. The zero-order valence-electron chi connectivity index (χ0n) is 12.0. The summed E-state index contributed by atoms with van der Waals surface area (Å²) in [6, 6.07) is 5.59. The standard InChI is InChI=1S/C15H20N2O2S/c1-9(2)10(3)16-15(19)11-4-5-13-12(8-11)17-14(18)6-7-20-13/h4-5,8-10H,6-7H2,1-3H3,(H,16,19)(H,17,18). The SMILES string of the molecule is CC(C)C(C)NC(=O)c1ccc2c(c1)NC(=O)CCS2. The highest BCUT2D eigenvalue weighted by Crippen LogP contribution is 2.31. The molecule has 0 aliphatic carbocycles. The number of carbonyl (C=O) groups excluding carboxylic acids is 2. The number of rotatable bonds is 3. The maximum Gasteiger partial charge on any atom is 0.251 e. The Labute approximate surface area is 123 Å². The first-order valence-corrected chi connectivity index (χ1v) is 7.83. The van der Waals surface area contributed by atoms with Crippen LogP contribution in [0.15, 0.2) is 23.1 Å². The topological polar surface area (TPSA) is 58.2 Å². The monoisotopic (exact) mass is 292 g/mol. The lowest BCUT2D eigenvalue weighted by Crippen LogP contribution is -2.36. The zero-order valence-corrected chi connectivity index (χ0v) is 12.8. The minimum absolute atomic E-state index is 0.00403. The molecule has 1 aliphatic heterocycles. The van der Waals surface area contributed by atoms with Gasteiger partial charge >= 0.3 is 0 Å². The van der Waals surface area contributed by atoms with Gasteiger partial charge in [-0.2, -0.15) is 0 Å². The fraction of sp³-hybridized carbons (Fsp3) is 0.467. The smallest absolute Gasteiger partial charge is 0.251 e. The lowest BCUT2D eigenvalue weighted by molar-refractivity contribution is -0.115. The largest absolute Gasteiger partial charge is 0.349 e.